The van der Waals surface area contributed by atoms with E-state index in [4.69, 9.17) is 5.11 Å². The van der Waals surface area contributed by atoms with Crippen LogP contribution in [0.15, 0.2) is 18.2 Å². The minimum absolute atomic E-state index is 0.168. The smallest absolute Gasteiger partial charge is 0.317 e. The fourth-order valence-electron chi connectivity index (χ4n) is 3.44. The highest BCUT2D eigenvalue weighted by Crippen LogP contribution is 2.26. The van der Waals surface area contributed by atoms with Crippen LogP contribution in [0.1, 0.15) is 43.4 Å². The van der Waals surface area contributed by atoms with E-state index in [1.807, 2.05) is 0 Å². The lowest BCUT2D eigenvalue weighted by atomic mass is 9.81. The lowest BCUT2D eigenvalue weighted by molar-refractivity contribution is -0.143. The summed E-state index contributed by atoms with van der Waals surface area (Å²) in [6.45, 7) is 9.83. The van der Waals surface area contributed by atoms with E-state index in [9.17, 15) is 9.59 Å². The van der Waals surface area contributed by atoms with Crippen molar-refractivity contribution in [3.63, 3.8) is 0 Å². The van der Waals surface area contributed by atoms with Crippen LogP contribution in [0.3, 0.4) is 0 Å². The van der Waals surface area contributed by atoms with Gasteiger partial charge in [0, 0.05) is 25.0 Å². The largest absolute Gasteiger partial charge is 0.481 e. The van der Waals surface area contributed by atoms with Gasteiger partial charge in [-0.1, -0.05) is 37.6 Å². The molecule has 0 bridgehead atoms. The molecule has 0 radical (unpaired) electrons. The van der Waals surface area contributed by atoms with E-state index in [0.717, 1.165) is 6.42 Å². The molecule has 2 rings (SSSR count). The van der Waals surface area contributed by atoms with Gasteiger partial charge in [-0.05, 0) is 37.8 Å². The van der Waals surface area contributed by atoms with E-state index >= 15 is 0 Å². The maximum absolute atomic E-state index is 12.4. The van der Waals surface area contributed by atoms with Gasteiger partial charge in [-0.15, -0.1) is 0 Å². The van der Waals surface area contributed by atoms with Gasteiger partial charge in [0.05, 0.1) is 5.92 Å². The number of hydrogen-bond acceptors (Lipinski definition) is 2. The number of carbonyl (C=O) groups is 2. The predicted octanol–water partition coefficient (Wildman–Crippen LogP) is 3.09. The first-order chi connectivity index (χ1) is 11.2. The summed E-state index contributed by atoms with van der Waals surface area (Å²) in [5.41, 5.74) is 3.48. The molecule has 1 fully saturated rings. The third-order valence-corrected chi connectivity index (χ3v) is 4.85. The molecule has 0 aromatic heterocycles. The van der Waals surface area contributed by atoms with Crippen molar-refractivity contribution in [2.24, 2.45) is 5.92 Å². The maximum atomic E-state index is 12.4. The van der Waals surface area contributed by atoms with Gasteiger partial charge in [-0.25, -0.2) is 4.79 Å². The van der Waals surface area contributed by atoms with Crippen LogP contribution < -0.4 is 5.32 Å². The molecule has 1 heterocycles. The Kier molecular flexibility index (Phi) is 5.52. The summed E-state index contributed by atoms with van der Waals surface area (Å²) in [6, 6.07) is 6.20. The molecule has 1 saturated heterocycles. The monoisotopic (exact) mass is 332 g/mol. The summed E-state index contributed by atoms with van der Waals surface area (Å²) in [4.78, 5) is 25.2. The second-order valence-electron chi connectivity index (χ2n) is 7.48. The summed E-state index contributed by atoms with van der Waals surface area (Å²) in [6.07, 6.45) is 1.39. The van der Waals surface area contributed by atoms with Gasteiger partial charge < -0.3 is 15.3 Å². The lowest BCUT2D eigenvalue weighted by Crippen LogP contribution is -2.49. The average Bonchev–Trinajstić information content (AvgIpc) is 2.52. The zero-order chi connectivity index (χ0) is 17.9. The molecule has 132 valence electrons. The number of aliphatic carboxylic acids is 1. The van der Waals surface area contributed by atoms with Crippen LogP contribution in [-0.2, 0) is 10.2 Å². The third-order valence-electron chi connectivity index (χ3n) is 4.85. The van der Waals surface area contributed by atoms with E-state index in [0.29, 0.717) is 26.1 Å². The molecular formula is C19H28N2O3. The second kappa shape index (κ2) is 7.24. The topological polar surface area (TPSA) is 69.6 Å². The van der Waals surface area contributed by atoms with Crippen molar-refractivity contribution in [2.75, 3.05) is 19.6 Å². The number of urea groups is 1. The Hall–Kier alpha value is -2.04. The number of likely N-dealkylation sites (tertiary alicyclic amines) is 1. The molecule has 1 aromatic carbocycles. The van der Waals surface area contributed by atoms with Crippen LogP contribution in [0.5, 0.6) is 0 Å². The number of nitrogens with zero attached hydrogens (tertiary/aromatic N) is 1. The summed E-state index contributed by atoms with van der Waals surface area (Å²) < 4.78 is 0. The lowest BCUT2D eigenvalue weighted by Gasteiger charge is -2.33. The molecule has 1 aromatic rings. The molecule has 24 heavy (non-hydrogen) atoms. The molecule has 0 spiro atoms. The van der Waals surface area contributed by atoms with Gasteiger partial charge in [0.1, 0.15) is 0 Å². The van der Waals surface area contributed by atoms with Crippen molar-refractivity contribution in [3.05, 3.63) is 34.9 Å². The molecule has 1 aliphatic heterocycles. The van der Waals surface area contributed by atoms with Gasteiger partial charge in [0.25, 0.3) is 0 Å². The molecule has 5 heteroatoms. The highest BCUT2D eigenvalue weighted by Gasteiger charge is 2.29. The summed E-state index contributed by atoms with van der Waals surface area (Å²) in [7, 11) is 0. The average molecular weight is 332 g/mol. The summed E-state index contributed by atoms with van der Waals surface area (Å²) in [5, 5.41) is 12.1. The standard InChI is InChI=1S/C19H28N2O3/c1-13-7-8-16(14(2)10-13)19(3,4)12-20-18(24)21-9-5-6-15(11-21)17(22)23/h7-8,10,15H,5-6,9,11-12H2,1-4H3,(H,20,24)(H,22,23). The highest BCUT2D eigenvalue weighted by molar-refractivity contribution is 5.76. The van der Waals surface area contributed by atoms with E-state index < -0.39 is 11.9 Å². The fourth-order valence-corrected chi connectivity index (χ4v) is 3.44. The fraction of sp³-hybridized carbons (Fsp3) is 0.579. The van der Waals surface area contributed by atoms with Crippen LogP contribution >= 0.6 is 0 Å². The third kappa shape index (κ3) is 4.28. The molecule has 2 amide bonds. The van der Waals surface area contributed by atoms with Gasteiger partial charge >= 0.3 is 12.0 Å². The minimum Gasteiger partial charge on any atom is -0.481 e. The van der Waals surface area contributed by atoms with E-state index in [1.54, 1.807) is 4.90 Å². The van der Waals surface area contributed by atoms with Gasteiger partial charge in [0.2, 0.25) is 0 Å². The zero-order valence-corrected chi connectivity index (χ0v) is 15.1. The van der Waals surface area contributed by atoms with Crippen LogP contribution in [0.4, 0.5) is 4.79 Å². The number of nitrogens with one attached hydrogen (secondary N) is 1. The maximum Gasteiger partial charge on any atom is 0.317 e. The Morgan fingerprint density at radius 1 is 1.33 bits per heavy atom. The number of amides is 2. The van der Waals surface area contributed by atoms with E-state index in [2.05, 4.69) is 51.2 Å². The van der Waals surface area contributed by atoms with Crippen LogP contribution in [0, 0.1) is 19.8 Å². The molecule has 0 aliphatic carbocycles. The molecule has 5 nitrogen and oxygen atoms in total. The van der Waals surface area contributed by atoms with Crippen molar-refractivity contribution < 1.29 is 14.7 Å². The van der Waals surface area contributed by atoms with Crippen molar-refractivity contribution >= 4 is 12.0 Å². The summed E-state index contributed by atoms with van der Waals surface area (Å²) in [5.74, 6) is -1.26. The van der Waals surface area contributed by atoms with Crippen LogP contribution in [0.2, 0.25) is 0 Å². The minimum atomic E-state index is -0.817. The van der Waals surface area contributed by atoms with Crippen molar-refractivity contribution in [3.8, 4) is 0 Å². The normalized spacial score (nSPS) is 18.3. The Morgan fingerprint density at radius 3 is 2.67 bits per heavy atom. The molecule has 2 N–H and O–H groups in total. The van der Waals surface area contributed by atoms with E-state index in [1.165, 1.54) is 16.7 Å². The number of hydrogen-bond donors (Lipinski definition) is 2. The molecule has 1 unspecified atom stereocenters. The number of carboxylic acid groups (broad SMARTS) is 1. The van der Waals surface area contributed by atoms with Crippen LogP contribution in [0.25, 0.3) is 0 Å². The number of aryl methyl sites for hydroxylation is 2. The van der Waals surface area contributed by atoms with Gasteiger partial charge in [-0.3, -0.25) is 4.79 Å². The number of carbonyl (C=O) groups excluding carboxylic acids is 1. The highest BCUT2D eigenvalue weighted by atomic mass is 16.4. The predicted molar refractivity (Wildman–Crippen MR) is 94.3 cm³/mol. The SMILES string of the molecule is Cc1ccc(C(C)(C)CNC(=O)N2CCCC(C(=O)O)C2)c(C)c1. The first-order valence-corrected chi connectivity index (χ1v) is 8.54. The van der Waals surface area contributed by atoms with E-state index in [-0.39, 0.29) is 11.4 Å². The first-order valence-electron chi connectivity index (χ1n) is 8.54. The Bertz CT molecular complexity index is 625. The number of carboxylic acids is 1. The molecular weight excluding hydrogens is 304 g/mol. The zero-order valence-electron chi connectivity index (χ0n) is 15.1. The number of piperidine rings is 1. The van der Waals surface area contributed by atoms with Crippen molar-refractivity contribution in [1.82, 2.24) is 10.2 Å². The quantitative estimate of drug-likeness (QED) is 0.890. The van der Waals surface area contributed by atoms with Crippen molar-refractivity contribution in [1.29, 1.82) is 0 Å². The van der Waals surface area contributed by atoms with Gasteiger partial charge in [0.15, 0.2) is 0 Å². The molecule has 1 atom stereocenters. The van der Waals surface area contributed by atoms with Crippen molar-refractivity contribution in [2.45, 2.75) is 46.0 Å². The molecule has 1 aliphatic rings. The van der Waals surface area contributed by atoms with Crippen LogP contribution in [-0.4, -0.2) is 41.6 Å². The second-order valence-corrected chi connectivity index (χ2v) is 7.48. The summed E-state index contributed by atoms with van der Waals surface area (Å²) >= 11 is 0. The Labute approximate surface area is 144 Å². The molecule has 0 saturated carbocycles. The Balaban J connectivity index is 1.98. The number of benzene rings is 1. The first kappa shape index (κ1) is 18.3. The Morgan fingerprint density at radius 2 is 2.04 bits per heavy atom. The number of rotatable bonds is 4. The van der Waals surface area contributed by atoms with Gasteiger partial charge in [-0.2, -0.15) is 0 Å².